The number of anilines is 1. The molecule has 0 saturated heterocycles. The summed E-state index contributed by atoms with van der Waals surface area (Å²) in [6.07, 6.45) is 0.423. The van der Waals surface area contributed by atoms with Gasteiger partial charge >= 0.3 is 5.97 Å². The molecule has 4 aromatic rings. The van der Waals surface area contributed by atoms with Crippen molar-refractivity contribution in [1.29, 1.82) is 0 Å². The molecule has 7 nitrogen and oxygen atoms in total. The molecule has 0 bridgehead atoms. The number of hydrogen-bond acceptors (Lipinski definition) is 7. The van der Waals surface area contributed by atoms with E-state index in [1.54, 1.807) is 6.92 Å². The number of benzene rings is 2. The highest BCUT2D eigenvalue weighted by molar-refractivity contribution is 7.15. The molecule has 168 valence electrons. The standard InChI is InChI=1S/C25H23N3O4S/c1-3-31-25(30)22-19(17-7-5-4-6-8-17)15-33-24(22)26-20(29)13-14-21-27-23(28-32-21)18-11-9-16(2)10-12-18/h4-12,15H,3,13-14H2,1-2H3,(H,26,29). The maximum absolute atomic E-state index is 12.6. The lowest BCUT2D eigenvalue weighted by atomic mass is 10.0. The minimum absolute atomic E-state index is 0.135. The molecule has 2 aromatic heterocycles. The number of hydrogen-bond donors (Lipinski definition) is 1. The summed E-state index contributed by atoms with van der Waals surface area (Å²) in [7, 11) is 0. The zero-order valence-corrected chi connectivity index (χ0v) is 19.1. The van der Waals surface area contributed by atoms with Crippen molar-refractivity contribution in [1.82, 2.24) is 10.1 Å². The van der Waals surface area contributed by atoms with E-state index in [0.717, 1.165) is 22.3 Å². The van der Waals surface area contributed by atoms with E-state index in [1.165, 1.54) is 11.3 Å². The fourth-order valence-corrected chi connectivity index (χ4v) is 4.25. The maximum Gasteiger partial charge on any atom is 0.341 e. The molecular weight excluding hydrogens is 438 g/mol. The number of rotatable bonds is 8. The molecule has 4 rings (SSSR count). The Morgan fingerprint density at radius 3 is 2.55 bits per heavy atom. The Balaban J connectivity index is 1.45. The Hall–Kier alpha value is -3.78. The monoisotopic (exact) mass is 461 g/mol. The number of esters is 1. The van der Waals surface area contributed by atoms with Crippen LogP contribution in [0.2, 0.25) is 0 Å². The SMILES string of the molecule is CCOC(=O)c1c(-c2ccccc2)csc1NC(=O)CCc1nc(-c2ccc(C)cc2)no1. The largest absolute Gasteiger partial charge is 0.462 e. The minimum atomic E-state index is -0.465. The maximum atomic E-state index is 12.6. The highest BCUT2D eigenvalue weighted by Gasteiger charge is 2.23. The number of ether oxygens (including phenoxy) is 1. The first-order chi connectivity index (χ1) is 16.0. The van der Waals surface area contributed by atoms with E-state index in [4.69, 9.17) is 9.26 Å². The first kappa shape index (κ1) is 22.4. The molecule has 0 unspecified atom stereocenters. The molecule has 8 heteroatoms. The summed E-state index contributed by atoms with van der Waals surface area (Å²) in [4.78, 5) is 29.6. The van der Waals surface area contributed by atoms with Crippen molar-refractivity contribution >= 4 is 28.2 Å². The average molecular weight is 462 g/mol. The van der Waals surface area contributed by atoms with Crippen LogP contribution in [0, 0.1) is 6.92 Å². The second-order valence-electron chi connectivity index (χ2n) is 7.37. The van der Waals surface area contributed by atoms with Gasteiger partial charge in [-0.25, -0.2) is 4.79 Å². The molecule has 0 radical (unpaired) electrons. The Morgan fingerprint density at radius 2 is 1.82 bits per heavy atom. The number of carbonyl (C=O) groups is 2. The molecule has 0 spiro atoms. The van der Waals surface area contributed by atoms with Crippen molar-refractivity contribution < 1.29 is 18.8 Å². The molecule has 1 N–H and O–H groups in total. The predicted molar refractivity (Wildman–Crippen MR) is 127 cm³/mol. The summed E-state index contributed by atoms with van der Waals surface area (Å²) in [5.74, 6) is 0.146. The smallest absolute Gasteiger partial charge is 0.341 e. The summed E-state index contributed by atoms with van der Waals surface area (Å²) < 4.78 is 10.5. The molecule has 0 aliphatic rings. The van der Waals surface area contributed by atoms with E-state index < -0.39 is 5.97 Å². The van der Waals surface area contributed by atoms with E-state index in [9.17, 15) is 9.59 Å². The van der Waals surface area contributed by atoms with Gasteiger partial charge in [0.25, 0.3) is 0 Å². The summed E-state index contributed by atoms with van der Waals surface area (Å²) in [6, 6.07) is 17.3. The van der Waals surface area contributed by atoms with Crippen LogP contribution in [-0.4, -0.2) is 28.6 Å². The van der Waals surface area contributed by atoms with Gasteiger partial charge < -0.3 is 14.6 Å². The number of nitrogens with zero attached hydrogens (tertiary/aromatic N) is 2. The fraction of sp³-hybridized carbons (Fsp3) is 0.200. The molecule has 0 aliphatic heterocycles. The van der Waals surface area contributed by atoms with Crippen molar-refractivity contribution in [2.45, 2.75) is 26.7 Å². The number of aryl methyl sites for hydroxylation is 2. The predicted octanol–water partition coefficient (Wildman–Crippen LogP) is 5.52. The van der Waals surface area contributed by atoms with Gasteiger partial charge in [-0.3, -0.25) is 4.79 Å². The Morgan fingerprint density at radius 1 is 1.06 bits per heavy atom. The van der Waals surface area contributed by atoms with E-state index >= 15 is 0 Å². The normalized spacial score (nSPS) is 10.7. The van der Waals surface area contributed by atoms with Crippen molar-refractivity contribution in [3.8, 4) is 22.5 Å². The summed E-state index contributed by atoms with van der Waals surface area (Å²) in [5, 5.41) is 9.15. The van der Waals surface area contributed by atoms with Crippen LogP contribution < -0.4 is 5.32 Å². The molecule has 0 saturated carbocycles. The number of nitrogens with one attached hydrogen (secondary N) is 1. The van der Waals surface area contributed by atoms with E-state index in [-0.39, 0.29) is 25.4 Å². The lowest BCUT2D eigenvalue weighted by Gasteiger charge is -2.08. The lowest BCUT2D eigenvalue weighted by molar-refractivity contribution is -0.116. The average Bonchev–Trinajstić information content (AvgIpc) is 3.46. The molecule has 0 fully saturated rings. The van der Waals surface area contributed by atoms with E-state index in [2.05, 4.69) is 15.5 Å². The third-order valence-corrected chi connectivity index (χ3v) is 5.85. The van der Waals surface area contributed by atoms with Gasteiger partial charge in [0.1, 0.15) is 10.6 Å². The van der Waals surface area contributed by atoms with Crippen LogP contribution in [0.5, 0.6) is 0 Å². The van der Waals surface area contributed by atoms with Crippen LogP contribution in [0.3, 0.4) is 0 Å². The highest BCUT2D eigenvalue weighted by atomic mass is 32.1. The third-order valence-electron chi connectivity index (χ3n) is 4.95. The van der Waals surface area contributed by atoms with Crippen molar-refractivity contribution in [2.75, 3.05) is 11.9 Å². The topological polar surface area (TPSA) is 94.3 Å². The molecule has 33 heavy (non-hydrogen) atoms. The minimum Gasteiger partial charge on any atom is -0.462 e. The Kier molecular flexibility index (Phi) is 6.95. The zero-order chi connectivity index (χ0) is 23.2. The first-order valence-electron chi connectivity index (χ1n) is 10.6. The van der Waals surface area contributed by atoms with Gasteiger partial charge in [-0.1, -0.05) is 65.3 Å². The van der Waals surface area contributed by atoms with Gasteiger partial charge in [0.2, 0.25) is 17.6 Å². The third kappa shape index (κ3) is 5.35. The summed E-state index contributed by atoms with van der Waals surface area (Å²) >= 11 is 1.29. The van der Waals surface area contributed by atoms with Crippen molar-refractivity contribution in [2.24, 2.45) is 0 Å². The zero-order valence-electron chi connectivity index (χ0n) is 18.3. The number of aromatic nitrogens is 2. The van der Waals surface area contributed by atoms with Gasteiger partial charge in [-0.05, 0) is 19.4 Å². The molecule has 0 aliphatic carbocycles. The van der Waals surface area contributed by atoms with Crippen LogP contribution in [0.4, 0.5) is 5.00 Å². The lowest BCUT2D eigenvalue weighted by Crippen LogP contribution is -2.15. The van der Waals surface area contributed by atoms with Crippen LogP contribution in [-0.2, 0) is 16.0 Å². The van der Waals surface area contributed by atoms with E-state index in [0.29, 0.717) is 22.3 Å². The molecular formula is C25H23N3O4S. The first-order valence-corrected chi connectivity index (χ1v) is 11.5. The van der Waals surface area contributed by atoms with Gasteiger partial charge in [0.15, 0.2) is 0 Å². The van der Waals surface area contributed by atoms with Crippen LogP contribution in [0.25, 0.3) is 22.5 Å². The second-order valence-corrected chi connectivity index (χ2v) is 8.25. The molecule has 2 aromatic carbocycles. The molecule has 1 amide bonds. The summed E-state index contributed by atoms with van der Waals surface area (Å²) in [6.45, 7) is 4.00. The summed E-state index contributed by atoms with van der Waals surface area (Å²) in [5.41, 5.74) is 3.97. The van der Waals surface area contributed by atoms with Crippen LogP contribution in [0.1, 0.15) is 35.2 Å². The van der Waals surface area contributed by atoms with Crippen LogP contribution >= 0.6 is 11.3 Å². The fourth-order valence-electron chi connectivity index (χ4n) is 3.27. The molecule has 0 atom stereocenters. The van der Waals surface area contributed by atoms with Crippen LogP contribution in [0.15, 0.2) is 64.5 Å². The Bertz CT molecular complexity index is 1250. The van der Waals surface area contributed by atoms with E-state index in [1.807, 2.05) is 66.9 Å². The Labute approximate surface area is 195 Å². The number of carbonyl (C=O) groups excluding carboxylic acids is 2. The highest BCUT2D eigenvalue weighted by Crippen LogP contribution is 2.36. The van der Waals surface area contributed by atoms with Gasteiger partial charge in [-0.15, -0.1) is 11.3 Å². The van der Waals surface area contributed by atoms with Gasteiger partial charge in [-0.2, -0.15) is 4.98 Å². The van der Waals surface area contributed by atoms with Gasteiger partial charge in [0, 0.05) is 29.3 Å². The molecule has 2 heterocycles. The number of thiophene rings is 1. The van der Waals surface area contributed by atoms with Crippen molar-refractivity contribution in [3.05, 3.63) is 77.0 Å². The van der Waals surface area contributed by atoms with Gasteiger partial charge in [0.05, 0.1) is 6.61 Å². The quantitative estimate of drug-likeness (QED) is 0.347. The second kappa shape index (κ2) is 10.2. The number of amides is 1. The van der Waals surface area contributed by atoms with Crippen molar-refractivity contribution in [3.63, 3.8) is 0 Å².